The second kappa shape index (κ2) is 6.42. The first-order valence-corrected chi connectivity index (χ1v) is 7.91. The monoisotopic (exact) mass is 311 g/mol. The fourth-order valence-corrected chi connectivity index (χ4v) is 2.84. The number of hydrogen-bond donors (Lipinski definition) is 2. The summed E-state index contributed by atoms with van der Waals surface area (Å²) in [5, 5.41) is 14.9. The van der Waals surface area contributed by atoms with E-state index in [0.717, 1.165) is 27.3 Å². The Hall–Kier alpha value is -2.33. The normalized spacial score (nSPS) is 12.7. The molecule has 2 aromatic carbocycles. The van der Waals surface area contributed by atoms with Crippen molar-refractivity contribution in [3.63, 3.8) is 0 Å². The number of benzene rings is 2. The Morgan fingerprint density at radius 1 is 1.22 bits per heavy atom. The third-order valence-corrected chi connectivity index (χ3v) is 4.27. The second-order valence-corrected chi connectivity index (χ2v) is 6.05. The van der Waals surface area contributed by atoms with E-state index in [1.54, 1.807) is 0 Å². The molecule has 1 aromatic heterocycles. The number of aryl methyl sites for hydroxylation is 1. The number of nitrogens with one attached hydrogen (secondary N) is 1. The van der Waals surface area contributed by atoms with Crippen LogP contribution in [0.5, 0.6) is 0 Å². The number of carbonyl (C=O) groups is 1. The van der Waals surface area contributed by atoms with E-state index < -0.39 is 0 Å². The van der Waals surface area contributed by atoms with E-state index in [1.807, 2.05) is 50.2 Å². The predicted molar refractivity (Wildman–Crippen MR) is 91.7 cm³/mol. The second-order valence-electron chi connectivity index (χ2n) is 6.05. The van der Waals surface area contributed by atoms with Gasteiger partial charge in [-0.25, -0.2) is 0 Å². The van der Waals surface area contributed by atoms with Crippen LogP contribution >= 0.6 is 0 Å². The Balaban J connectivity index is 1.94. The first-order chi connectivity index (χ1) is 11.1. The van der Waals surface area contributed by atoms with Gasteiger partial charge in [-0.05, 0) is 24.6 Å². The fraction of sp³-hybridized carbons (Fsp3) is 0.316. The Labute approximate surface area is 135 Å². The van der Waals surface area contributed by atoms with Gasteiger partial charge in [0.2, 0.25) is 0 Å². The molecule has 1 heterocycles. The summed E-state index contributed by atoms with van der Waals surface area (Å²) in [7, 11) is 0. The lowest BCUT2D eigenvalue weighted by Crippen LogP contribution is -2.28. The van der Waals surface area contributed by atoms with Crippen LogP contribution in [0, 0.1) is 12.8 Å². The van der Waals surface area contributed by atoms with E-state index >= 15 is 0 Å². The first kappa shape index (κ1) is 15.6. The maximum absolute atomic E-state index is 12.4. The summed E-state index contributed by atoms with van der Waals surface area (Å²) in [6, 6.07) is 12.0. The summed E-state index contributed by atoms with van der Waals surface area (Å²) < 4.78 is 5.90. The largest absolute Gasteiger partial charge is 0.450 e. The molecular formula is C19H21NO3. The molecule has 0 aliphatic carbocycles. The molecule has 120 valence electrons. The molecule has 3 aromatic rings. The highest BCUT2D eigenvalue weighted by atomic mass is 16.3. The molecule has 0 fully saturated rings. The molecule has 0 saturated carbocycles. The lowest BCUT2D eigenvalue weighted by Gasteiger charge is -2.10. The highest BCUT2D eigenvalue weighted by Gasteiger charge is 2.19. The summed E-state index contributed by atoms with van der Waals surface area (Å²) in [5.41, 5.74) is 1.62. The van der Waals surface area contributed by atoms with Gasteiger partial charge in [-0.15, -0.1) is 0 Å². The van der Waals surface area contributed by atoms with E-state index in [0.29, 0.717) is 18.7 Å². The maximum atomic E-state index is 12.4. The molecule has 2 N–H and O–H groups in total. The first-order valence-electron chi connectivity index (χ1n) is 7.91. The highest BCUT2D eigenvalue weighted by molar-refractivity contribution is 6.08. The summed E-state index contributed by atoms with van der Waals surface area (Å²) in [4.78, 5) is 12.4. The third-order valence-electron chi connectivity index (χ3n) is 4.27. The van der Waals surface area contributed by atoms with Gasteiger partial charge in [0.1, 0.15) is 5.58 Å². The summed E-state index contributed by atoms with van der Waals surface area (Å²) >= 11 is 0. The molecule has 1 unspecified atom stereocenters. The van der Waals surface area contributed by atoms with Crippen LogP contribution in [0.3, 0.4) is 0 Å². The quantitative estimate of drug-likeness (QED) is 0.756. The topological polar surface area (TPSA) is 62.5 Å². The lowest BCUT2D eigenvalue weighted by atomic mass is 10.1. The van der Waals surface area contributed by atoms with E-state index in [4.69, 9.17) is 9.52 Å². The van der Waals surface area contributed by atoms with Gasteiger partial charge in [-0.1, -0.05) is 43.3 Å². The standard InChI is InChI=1S/C19H21NO3/c1-12(9-10-21)11-20-19(22)17-13(2)15-8-7-14-5-3-4-6-16(14)18(15)23-17/h3-8,12,21H,9-11H2,1-2H3,(H,20,22). The Bertz CT molecular complexity index is 850. The molecule has 0 saturated heterocycles. The lowest BCUT2D eigenvalue weighted by molar-refractivity contribution is 0.0919. The highest BCUT2D eigenvalue weighted by Crippen LogP contribution is 2.31. The average Bonchev–Trinajstić information content (AvgIpc) is 2.90. The van der Waals surface area contributed by atoms with Crippen LogP contribution in [-0.4, -0.2) is 24.2 Å². The average molecular weight is 311 g/mol. The van der Waals surface area contributed by atoms with Crippen LogP contribution in [0.2, 0.25) is 0 Å². The van der Waals surface area contributed by atoms with Gasteiger partial charge in [0.05, 0.1) is 0 Å². The van der Waals surface area contributed by atoms with Crippen molar-refractivity contribution in [2.75, 3.05) is 13.2 Å². The van der Waals surface area contributed by atoms with Crippen LogP contribution in [0.25, 0.3) is 21.7 Å². The molecule has 4 heteroatoms. The van der Waals surface area contributed by atoms with Crippen molar-refractivity contribution in [3.05, 3.63) is 47.7 Å². The van der Waals surface area contributed by atoms with Crippen molar-refractivity contribution in [1.29, 1.82) is 0 Å². The molecule has 23 heavy (non-hydrogen) atoms. The smallest absolute Gasteiger partial charge is 0.287 e. The zero-order valence-electron chi connectivity index (χ0n) is 13.4. The van der Waals surface area contributed by atoms with Crippen molar-refractivity contribution in [1.82, 2.24) is 5.32 Å². The minimum atomic E-state index is -0.201. The van der Waals surface area contributed by atoms with Gasteiger partial charge in [-0.3, -0.25) is 4.79 Å². The molecule has 0 aliphatic heterocycles. The van der Waals surface area contributed by atoms with Crippen molar-refractivity contribution in [2.45, 2.75) is 20.3 Å². The van der Waals surface area contributed by atoms with Gasteiger partial charge < -0.3 is 14.8 Å². The SMILES string of the molecule is Cc1c(C(=O)NCC(C)CCO)oc2c1ccc1ccccc12. The number of aliphatic hydroxyl groups is 1. The van der Waals surface area contributed by atoms with E-state index in [9.17, 15) is 4.79 Å². The summed E-state index contributed by atoms with van der Waals surface area (Å²) in [6.07, 6.45) is 0.671. The predicted octanol–water partition coefficient (Wildman–Crippen LogP) is 3.64. The number of furan rings is 1. The number of rotatable bonds is 5. The van der Waals surface area contributed by atoms with Gasteiger partial charge >= 0.3 is 0 Å². The van der Waals surface area contributed by atoms with Crippen molar-refractivity contribution < 1.29 is 14.3 Å². The molecule has 3 rings (SSSR count). The molecule has 1 amide bonds. The van der Waals surface area contributed by atoms with E-state index in [2.05, 4.69) is 5.32 Å². The van der Waals surface area contributed by atoms with Gasteiger partial charge in [0.25, 0.3) is 5.91 Å². The van der Waals surface area contributed by atoms with Crippen molar-refractivity contribution in [2.24, 2.45) is 5.92 Å². The number of carbonyl (C=O) groups excluding carboxylic acids is 1. The van der Waals surface area contributed by atoms with E-state index in [1.165, 1.54) is 0 Å². The molecule has 4 nitrogen and oxygen atoms in total. The van der Waals surface area contributed by atoms with Gasteiger partial charge in [-0.2, -0.15) is 0 Å². The Morgan fingerprint density at radius 2 is 2.00 bits per heavy atom. The van der Waals surface area contributed by atoms with Gasteiger partial charge in [0.15, 0.2) is 5.76 Å². The fourth-order valence-electron chi connectivity index (χ4n) is 2.84. The van der Waals surface area contributed by atoms with Crippen LogP contribution in [0.4, 0.5) is 0 Å². The molecule has 1 atom stereocenters. The Morgan fingerprint density at radius 3 is 2.78 bits per heavy atom. The van der Waals surface area contributed by atoms with Crippen LogP contribution < -0.4 is 5.32 Å². The van der Waals surface area contributed by atoms with Crippen LogP contribution in [0.15, 0.2) is 40.8 Å². The minimum absolute atomic E-state index is 0.132. The Kier molecular flexibility index (Phi) is 4.35. The molecule has 0 radical (unpaired) electrons. The molecule has 0 spiro atoms. The van der Waals surface area contributed by atoms with Crippen molar-refractivity contribution in [3.8, 4) is 0 Å². The zero-order chi connectivity index (χ0) is 16.4. The van der Waals surface area contributed by atoms with E-state index in [-0.39, 0.29) is 18.4 Å². The molecule has 0 bridgehead atoms. The van der Waals surface area contributed by atoms with Crippen molar-refractivity contribution >= 4 is 27.6 Å². The van der Waals surface area contributed by atoms with Crippen LogP contribution in [0.1, 0.15) is 29.5 Å². The summed E-state index contributed by atoms with van der Waals surface area (Å²) in [5.74, 6) is 0.398. The van der Waals surface area contributed by atoms with Gasteiger partial charge in [0, 0.05) is 29.5 Å². The number of hydrogen-bond acceptors (Lipinski definition) is 3. The summed E-state index contributed by atoms with van der Waals surface area (Å²) in [6.45, 7) is 4.56. The number of aliphatic hydroxyl groups excluding tert-OH is 1. The molecule has 0 aliphatic rings. The minimum Gasteiger partial charge on any atom is -0.450 e. The number of amides is 1. The third kappa shape index (κ3) is 2.94. The molecular weight excluding hydrogens is 290 g/mol. The maximum Gasteiger partial charge on any atom is 0.287 e. The van der Waals surface area contributed by atoms with Crippen LogP contribution in [-0.2, 0) is 0 Å². The number of fused-ring (bicyclic) bond motifs is 3. The zero-order valence-corrected chi connectivity index (χ0v) is 13.4.